The summed E-state index contributed by atoms with van der Waals surface area (Å²) in [6, 6.07) is 11.0. The molecule has 2 aromatic rings. The molecule has 0 saturated carbocycles. The number of hydrogen-bond donors (Lipinski definition) is 1. The first kappa shape index (κ1) is 18.5. The van der Waals surface area contributed by atoms with Gasteiger partial charge in [0.05, 0.1) is 11.6 Å². The van der Waals surface area contributed by atoms with Crippen LogP contribution in [0.4, 0.5) is 14.5 Å². The summed E-state index contributed by atoms with van der Waals surface area (Å²) in [6.45, 7) is 0.387. The minimum atomic E-state index is -0.629. The molecule has 1 aliphatic heterocycles. The summed E-state index contributed by atoms with van der Waals surface area (Å²) in [6.07, 6.45) is 0.167. The zero-order valence-corrected chi connectivity index (χ0v) is 15.4. The quantitative estimate of drug-likeness (QED) is 0.801. The topological polar surface area (TPSA) is 49.4 Å². The summed E-state index contributed by atoms with van der Waals surface area (Å²) in [5.74, 6) is -2.16. The molecule has 7 heteroatoms. The van der Waals surface area contributed by atoms with Gasteiger partial charge in [-0.25, -0.2) is 8.78 Å². The van der Waals surface area contributed by atoms with Crippen LogP contribution in [0.2, 0.25) is 0 Å². The van der Waals surface area contributed by atoms with Crippen molar-refractivity contribution in [1.29, 1.82) is 0 Å². The minimum absolute atomic E-state index is 0.0508. The van der Waals surface area contributed by atoms with Crippen molar-refractivity contribution in [3.63, 3.8) is 0 Å². The summed E-state index contributed by atoms with van der Waals surface area (Å²) in [5.41, 5.74) is 0.673. The molecule has 0 bridgehead atoms. The summed E-state index contributed by atoms with van der Waals surface area (Å²) in [4.78, 5) is 26.2. The van der Waals surface area contributed by atoms with Crippen LogP contribution in [0, 0.1) is 17.6 Å². The minimum Gasteiger partial charge on any atom is -0.355 e. The molecule has 1 aliphatic rings. The number of halogens is 3. The standard InChI is InChI=1S/C19H17BrF2N2O2/c20-14-4-1-2-7-17(14)24-11-12(10-18(24)25)19(26)23-9-8-13-15(21)5-3-6-16(13)22/h1-7,12H,8-11H2,(H,23,26). The molecular weight excluding hydrogens is 406 g/mol. The first-order valence-electron chi connectivity index (χ1n) is 8.23. The molecule has 0 aromatic heterocycles. The third-order valence-electron chi connectivity index (χ3n) is 4.37. The van der Waals surface area contributed by atoms with E-state index in [1.807, 2.05) is 24.3 Å². The lowest BCUT2D eigenvalue weighted by atomic mass is 10.1. The van der Waals surface area contributed by atoms with Crippen molar-refractivity contribution >= 4 is 33.4 Å². The monoisotopic (exact) mass is 422 g/mol. The van der Waals surface area contributed by atoms with Gasteiger partial charge in [-0.2, -0.15) is 0 Å². The molecule has 0 radical (unpaired) electrons. The van der Waals surface area contributed by atoms with Gasteiger partial charge in [0.15, 0.2) is 0 Å². The normalized spacial score (nSPS) is 16.8. The van der Waals surface area contributed by atoms with Crippen LogP contribution in [0.3, 0.4) is 0 Å². The number of rotatable bonds is 5. The Hall–Kier alpha value is -2.28. The van der Waals surface area contributed by atoms with E-state index in [9.17, 15) is 18.4 Å². The number of benzene rings is 2. The van der Waals surface area contributed by atoms with E-state index < -0.39 is 17.6 Å². The maximum Gasteiger partial charge on any atom is 0.227 e. The van der Waals surface area contributed by atoms with E-state index in [1.54, 1.807) is 4.90 Å². The fourth-order valence-corrected chi connectivity index (χ4v) is 3.51. The number of anilines is 1. The van der Waals surface area contributed by atoms with Crippen LogP contribution in [-0.2, 0) is 16.0 Å². The second kappa shape index (κ2) is 7.95. The first-order valence-corrected chi connectivity index (χ1v) is 9.02. The van der Waals surface area contributed by atoms with Crippen LogP contribution in [0.5, 0.6) is 0 Å². The Kier molecular flexibility index (Phi) is 5.66. The predicted octanol–water partition coefficient (Wildman–Crippen LogP) is 3.44. The highest BCUT2D eigenvalue weighted by atomic mass is 79.9. The smallest absolute Gasteiger partial charge is 0.227 e. The molecule has 0 spiro atoms. The molecule has 1 unspecified atom stereocenters. The summed E-state index contributed by atoms with van der Waals surface area (Å²) in [5, 5.41) is 2.67. The first-order chi connectivity index (χ1) is 12.5. The van der Waals surface area contributed by atoms with Crippen LogP contribution in [0.25, 0.3) is 0 Å². The van der Waals surface area contributed by atoms with Crippen LogP contribution in [-0.4, -0.2) is 24.9 Å². The van der Waals surface area contributed by atoms with Crippen LogP contribution < -0.4 is 10.2 Å². The van der Waals surface area contributed by atoms with Crippen molar-refractivity contribution in [3.05, 3.63) is 64.1 Å². The lowest BCUT2D eigenvalue weighted by Crippen LogP contribution is -2.34. The Morgan fingerprint density at radius 2 is 1.85 bits per heavy atom. The van der Waals surface area contributed by atoms with Gasteiger partial charge in [0.25, 0.3) is 0 Å². The molecule has 1 atom stereocenters. The highest BCUT2D eigenvalue weighted by Gasteiger charge is 2.35. The Morgan fingerprint density at radius 1 is 1.15 bits per heavy atom. The van der Waals surface area contributed by atoms with E-state index in [0.29, 0.717) is 0 Å². The fraction of sp³-hybridized carbons (Fsp3) is 0.263. The van der Waals surface area contributed by atoms with Crippen molar-refractivity contribution in [2.24, 2.45) is 5.92 Å². The van der Waals surface area contributed by atoms with Gasteiger partial charge < -0.3 is 10.2 Å². The van der Waals surface area contributed by atoms with Gasteiger partial charge >= 0.3 is 0 Å². The second-order valence-electron chi connectivity index (χ2n) is 6.10. The molecule has 2 aromatic carbocycles. The second-order valence-corrected chi connectivity index (χ2v) is 6.95. The van der Waals surface area contributed by atoms with Gasteiger partial charge in [-0.15, -0.1) is 0 Å². The Balaban J connectivity index is 1.58. The Bertz CT molecular complexity index is 824. The van der Waals surface area contributed by atoms with Gasteiger partial charge in [0.1, 0.15) is 11.6 Å². The lowest BCUT2D eigenvalue weighted by molar-refractivity contribution is -0.126. The lowest BCUT2D eigenvalue weighted by Gasteiger charge is -2.18. The largest absolute Gasteiger partial charge is 0.355 e. The molecule has 4 nitrogen and oxygen atoms in total. The molecule has 26 heavy (non-hydrogen) atoms. The van der Waals surface area contributed by atoms with Gasteiger partial charge in [-0.05, 0) is 46.6 Å². The zero-order chi connectivity index (χ0) is 18.7. The average Bonchev–Trinajstić information content (AvgIpc) is 2.99. The zero-order valence-electron chi connectivity index (χ0n) is 13.8. The molecule has 3 rings (SSSR count). The molecule has 1 fully saturated rings. The maximum atomic E-state index is 13.6. The third kappa shape index (κ3) is 3.93. The highest BCUT2D eigenvalue weighted by Crippen LogP contribution is 2.31. The van der Waals surface area contributed by atoms with E-state index in [2.05, 4.69) is 21.2 Å². The van der Waals surface area contributed by atoms with Crippen LogP contribution in [0.15, 0.2) is 46.9 Å². The van der Waals surface area contributed by atoms with E-state index in [-0.39, 0.29) is 43.3 Å². The fourth-order valence-electron chi connectivity index (χ4n) is 3.01. The number of carbonyl (C=O) groups excluding carboxylic acids is 2. The molecule has 136 valence electrons. The summed E-state index contributed by atoms with van der Waals surface area (Å²) in [7, 11) is 0. The number of hydrogen-bond acceptors (Lipinski definition) is 2. The number of amides is 2. The Labute approximate surface area is 158 Å². The van der Waals surface area contributed by atoms with E-state index in [0.717, 1.165) is 10.2 Å². The SMILES string of the molecule is O=C(NCCc1c(F)cccc1F)C1CC(=O)N(c2ccccc2Br)C1. The van der Waals surface area contributed by atoms with Crippen molar-refractivity contribution in [1.82, 2.24) is 5.32 Å². The summed E-state index contributed by atoms with van der Waals surface area (Å²) >= 11 is 3.41. The highest BCUT2D eigenvalue weighted by molar-refractivity contribution is 9.10. The molecular formula is C19H17BrF2N2O2. The Morgan fingerprint density at radius 3 is 2.54 bits per heavy atom. The number of carbonyl (C=O) groups is 2. The van der Waals surface area contributed by atoms with Crippen molar-refractivity contribution in [2.45, 2.75) is 12.8 Å². The molecule has 0 aliphatic carbocycles. The van der Waals surface area contributed by atoms with Gasteiger partial charge in [0.2, 0.25) is 11.8 Å². The van der Waals surface area contributed by atoms with Crippen molar-refractivity contribution < 1.29 is 18.4 Å². The summed E-state index contributed by atoms with van der Waals surface area (Å²) < 4.78 is 28.0. The number of nitrogens with zero attached hydrogens (tertiary/aromatic N) is 1. The maximum absolute atomic E-state index is 13.6. The molecule has 1 heterocycles. The number of para-hydroxylation sites is 1. The van der Waals surface area contributed by atoms with Gasteiger partial charge in [-0.1, -0.05) is 18.2 Å². The van der Waals surface area contributed by atoms with E-state index in [1.165, 1.54) is 18.2 Å². The van der Waals surface area contributed by atoms with E-state index in [4.69, 9.17) is 0 Å². The van der Waals surface area contributed by atoms with Crippen LogP contribution >= 0.6 is 15.9 Å². The molecule has 2 amide bonds. The van der Waals surface area contributed by atoms with Crippen molar-refractivity contribution in [3.8, 4) is 0 Å². The predicted molar refractivity (Wildman–Crippen MR) is 97.7 cm³/mol. The average molecular weight is 423 g/mol. The number of nitrogens with one attached hydrogen (secondary N) is 1. The molecule has 1 N–H and O–H groups in total. The van der Waals surface area contributed by atoms with E-state index >= 15 is 0 Å². The molecule has 1 saturated heterocycles. The van der Waals surface area contributed by atoms with Gasteiger partial charge in [-0.3, -0.25) is 9.59 Å². The van der Waals surface area contributed by atoms with Crippen LogP contribution in [0.1, 0.15) is 12.0 Å². The van der Waals surface area contributed by atoms with Gasteiger partial charge in [0, 0.05) is 29.5 Å². The third-order valence-corrected chi connectivity index (χ3v) is 5.05. The van der Waals surface area contributed by atoms with Crippen molar-refractivity contribution in [2.75, 3.05) is 18.0 Å².